The van der Waals surface area contributed by atoms with E-state index in [2.05, 4.69) is 27.1 Å². The van der Waals surface area contributed by atoms with Crippen molar-refractivity contribution in [1.82, 2.24) is 15.3 Å². The van der Waals surface area contributed by atoms with Crippen LogP contribution in [-0.4, -0.2) is 21.0 Å². The van der Waals surface area contributed by atoms with Crippen molar-refractivity contribution in [1.29, 1.82) is 0 Å². The molecule has 0 saturated carbocycles. The van der Waals surface area contributed by atoms with Crippen LogP contribution in [0.5, 0.6) is 5.75 Å². The molecule has 0 aliphatic carbocycles. The fourth-order valence-corrected chi connectivity index (χ4v) is 3.06. The molecule has 31 heavy (non-hydrogen) atoms. The maximum absolute atomic E-state index is 14.5. The molecule has 0 atom stereocenters. The number of nitrogens with one attached hydrogen (secondary N) is 1. The highest BCUT2D eigenvalue weighted by atomic mass is 35.5. The first-order valence-corrected chi connectivity index (χ1v) is 9.66. The summed E-state index contributed by atoms with van der Waals surface area (Å²) in [4.78, 5) is 20.7. The molecule has 2 N–H and O–H groups in total. The third-order valence-corrected chi connectivity index (χ3v) is 4.76. The first-order chi connectivity index (χ1) is 15.0. The maximum Gasteiger partial charge on any atom is 0.256 e. The van der Waals surface area contributed by atoms with Crippen LogP contribution < -0.4 is 5.32 Å². The van der Waals surface area contributed by atoms with Gasteiger partial charge in [-0.1, -0.05) is 35.7 Å². The van der Waals surface area contributed by atoms with Gasteiger partial charge in [-0.05, 0) is 47.9 Å². The zero-order chi connectivity index (χ0) is 21.8. The van der Waals surface area contributed by atoms with Crippen LogP contribution in [0, 0.1) is 17.7 Å². The molecule has 5 nitrogen and oxygen atoms in total. The molecule has 1 amide bonds. The second kappa shape index (κ2) is 8.82. The molecule has 2 heterocycles. The van der Waals surface area contributed by atoms with Crippen LogP contribution in [0.2, 0.25) is 5.02 Å². The molecule has 2 aromatic heterocycles. The molecular weight excluding hydrogens is 417 g/mol. The van der Waals surface area contributed by atoms with E-state index in [9.17, 15) is 14.3 Å². The standard InChI is InChI=1S/C24H15ClFN3O2/c25-17-7-4-15(5-8-17)13-29-24(31)20-14-28-22-19(23(20)30)11-16(12-21(22)26)6-9-18-3-1-2-10-27-18/h1-5,7-8,10-12,14H,13H2,(H,28,30)(H,29,31). The zero-order valence-corrected chi connectivity index (χ0v) is 16.8. The van der Waals surface area contributed by atoms with E-state index in [0.29, 0.717) is 16.3 Å². The van der Waals surface area contributed by atoms with Crippen molar-refractivity contribution >= 4 is 28.4 Å². The van der Waals surface area contributed by atoms with Crippen LogP contribution in [0.1, 0.15) is 27.2 Å². The number of amides is 1. The number of aromatic nitrogens is 2. The monoisotopic (exact) mass is 431 g/mol. The summed E-state index contributed by atoms with van der Waals surface area (Å²) < 4.78 is 14.5. The number of carbonyl (C=O) groups is 1. The van der Waals surface area contributed by atoms with Gasteiger partial charge in [-0.3, -0.25) is 9.78 Å². The molecule has 0 saturated heterocycles. The molecule has 7 heteroatoms. The smallest absolute Gasteiger partial charge is 0.256 e. The quantitative estimate of drug-likeness (QED) is 0.470. The lowest BCUT2D eigenvalue weighted by atomic mass is 10.1. The lowest BCUT2D eigenvalue weighted by Gasteiger charge is -2.09. The van der Waals surface area contributed by atoms with Gasteiger partial charge in [-0.25, -0.2) is 9.37 Å². The minimum absolute atomic E-state index is 0.0462. The molecule has 2 aromatic carbocycles. The van der Waals surface area contributed by atoms with Crippen molar-refractivity contribution in [2.75, 3.05) is 0 Å². The second-order valence-corrected chi connectivity index (χ2v) is 7.09. The molecule has 0 bridgehead atoms. The van der Waals surface area contributed by atoms with Crippen LogP contribution in [0.15, 0.2) is 67.0 Å². The van der Waals surface area contributed by atoms with Gasteiger partial charge in [0.05, 0.1) is 0 Å². The lowest BCUT2D eigenvalue weighted by Crippen LogP contribution is -2.23. The number of hydrogen-bond donors (Lipinski definition) is 2. The Balaban J connectivity index is 1.63. The largest absolute Gasteiger partial charge is 0.506 e. The molecule has 4 aromatic rings. The highest BCUT2D eigenvalue weighted by Crippen LogP contribution is 2.29. The van der Waals surface area contributed by atoms with E-state index in [1.165, 1.54) is 12.1 Å². The van der Waals surface area contributed by atoms with Gasteiger partial charge >= 0.3 is 0 Å². The number of halogens is 2. The van der Waals surface area contributed by atoms with E-state index >= 15 is 0 Å². The second-order valence-electron chi connectivity index (χ2n) is 6.65. The first kappa shape index (κ1) is 20.3. The summed E-state index contributed by atoms with van der Waals surface area (Å²) in [6.07, 6.45) is 2.76. The Labute approximate surface area is 182 Å². The van der Waals surface area contributed by atoms with Crippen LogP contribution in [0.25, 0.3) is 10.9 Å². The number of rotatable bonds is 3. The van der Waals surface area contributed by atoms with Gasteiger partial charge in [0.2, 0.25) is 0 Å². The summed E-state index contributed by atoms with van der Waals surface area (Å²) in [5, 5.41) is 14.0. The lowest BCUT2D eigenvalue weighted by molar-refractivity contribution is 0.0948. The van der Waals surface area contributed by atoms with Gasteiger partial charge in [0, 0.05) is 34.9 Å². The van der Waals surface area contributed by atoms with Crippen LogP contribution in [0.4, 0.5) is 4.39 Å². The number of pyridine rings is 2. The Morgan fingerprint density at radius 1 is 1.10 bits per heavy atom. The third-order valence-electron chi connectivity index (χ3n) is 4.51. The molecule has 0 fully saturated rings. The summed E-state index contributed by atoms with van der Waals surface area (Å²) in [5.74, 6) is 4.11. The summed E-state index contributed by atoms with van der Waals surface area (Å²) in [5.41, 5.74) is 1.59. The average molecular weight is 432 g/mol. The predicted octanol–water partition coefficient (Wildman–Crippen LogP) is 4.46. The Hall–Kier alpha value is -3.95. The molecule has 0 spiro atoms. The molecule has 152 valence electrons. The molecule has 0 radical (unpaired) electrons. The van der Waals surface area contributed by atoms with Gasteiger partial charge in [-0.2, -0.15) is 0 Å². The molecule has 0 aliphatic rings. The van der Waals surface area contributed by atoms with Gasteiger partial charge in [-0.15, -0.1) is 0 Å². The van der Waals surface area contributed by atoms with Crippen molar-refractivity contribution in [3.63, 3.8) is 0 Å². The van der Waals surface area contributed by atoms with E-state index in [1.807, 2.05) is 0 Å². The molecule has 0 unspecified atom stereocenters. The highest BCUT2D eigenvalue weighted by molar-refractivity contribution is 6.30. The van der Waals surface area contributed by atoms with Crippen molar-refractivity contribution < 1.29 is 14.3 Å². The van der Waals surface area contributed by atoms with E-state index in [0.717, 1.165) is 11.8 Å². The summed E-state index contributed by atoms with van der Waals surface area (Å²) >= 11 is 5.86. The van der Waals surface area contributed by atoms with E-state index in [4.69, 9.17) is 11.6 Å². The number of hydrogen-bond acceptors (Lipinski definition) is 4. The van der Waals surface area contributed by atoms with Gasteiger partial charge in [0.1, 0.15) is 22.5 Å². The number of fused-ring (bicyclic) bond motifs is 1. The maximum atomic E-state index is 14.5. The predicted molar refractivity (Wildman–Crippen MR) is 116 cm³/mol. The van der Waals surface area contributed by atoms with Gasteiger partial charge in [0.15, 0.2) is 5.82 Å². The zero-order valence-electron chi connectivity index (χ0n) is 16.1. The van der Waals surface area contributed by atoms with Crippen molar-refractivity contribution in [2.45, 2.75) is 6.54 Å². The Morgan fingerprint density at radius 3 is 2.65 bits per heavy atom. The average Bonchev–Trinajstić information content (AvgIpc) is 2.78. The summed E-state index contributed by atoms with van der Waals surface area (Å²) in [6, 6.07) is 15.0. The first-order valence-electron chi connectivity index (χ1n) is 9.28. The van der Waals surface area contributed by atoms with E-state index in [1.54, 1.807) is 48.7 Å². The topological polar surface area (TPSA) is 75.1 Å². The number of nitrogens with zero attached hydrogens (tertiary/aromatic N) is 2. The normalized spacial score (nSPS) is 10.4. The fourth-order valence-electron chi connectivity index (χ4n) is 2.94. The summed E-state index contributed by atoms with van der Waals surface area (Å²) in [6.45, 7) is 0.234. The van der Waals surface area contributed by atoms with Gasteiger partial charge < -0.3 is 10.4 Å². The van der Waals surface area contributed by atoms with Crippen LogP contribution in [0.3, 0.4) is 0 Å². The number of benzene rings is 2. The van der Waals surface area contributed by atoms with Gasteiger partial charge in [0.25, 0.3) is 5.91 Å². The number of carbonyl (C=O) groups excluding carboxylic acids is 1. The minimum Gasteiger partial charge on any atom is -0.506 e. The molecule has 0 aliphatic heterocycles. The van der Waals surface area contributed by atoms with Crippen molar-refractivity contribution in [3.05, 3.63) is 100 Å². The Bertz CT molecular complexity index is 1330. The third kappa shape index (κ3) is 4.63. The molecule has 4 rings (SSSR count). The highest BCUT2D eigenvalue weighted by Gasteiger charge is 2.17. The minimum atomic E-state index is -0.647. The van der Waals surface area contributed by atoms with Crippen LogP contribution in [-0.2, 0) is 6.54 Å². The SMILES string of the molecule is O=C(NCc1ccc(Cl)cc1)c1cnc2c(F)cc(C#Cc3ccccn3)cc2c1O. The van der Waals surface area contributed by atoms with E-state index < -0.39 is 11.7 Å². The summed E-state index contributed by atoms with van der Waals surface area (Å²) in [7, 11) is 0. The molecular formula is C24H15ClFN3O2. The Morgan fingerprint density at radius 2 is 1.90 bits per heavy atom. The Kier molecular flexibility index (Phi) is 5.78. The van der Waals surface area contributed by atoms with E-state index in [-0.39, 0.29) is 28.8 Å². The fraction of sp³-hybridized carbons (Fsp3) is 0.0417. The van der Waals surface area contributed by atoms with Crippen molar-refractivity contribution in [3.8, 4) is 17.6 Å². The number of aromatic hydroxyl groups is 1. The van der Waals surface area contributed by atoms with Crippen molar-refractivity contribution in [2.24, 2.45) is 0 Å². The van der Waals surface area contributed by atoms with Crippen LogP contribution >= 0.6 is 11.6 Å².